The van der Waals surface area contributed by atoms with Gasteiger partial charge in [-0.15, -0.1) is 0 Å². The van der Waals surface area contributed by atoms with E-state index >= 15 is 0 Å². The Kier molecular flexibility index (Phi) is 3.60. The standard InChI is InChI=1S/C13H16N4O3/c1-7-10(8(2)16-15-7)11(13(19)20)14-12(18)9-5-4-6-17(9)3/h4-6,11H,1-3H3,(H,14,18)(H,15,16)(H,19,20). The average Bonchev–Trinajstić information content (AvgIpc) is 2.93. The molecule has 7 heteroatoms. The first-order valence-corrected chi connectivity index (χ1v) is 6.08. The third-order valence-corrected chi connectivity index (χ3v) is 3.17. The monoisotopic (exact) mass is 276 g/mol. The molecule has 2 rings (SSSR count). The Bertz CT molecular complexity index is 637. The van der Waals surface area contributed by atoms with E-state index in [9.17, 15) is 14.7 Å². The molecule has 0 aliphatic carbocycles. The number of nitrogens with zero attached hydrogens (tertiary/aromatic N) is 2. The van der Waals surface area contributed by atoms with Gasteiger partial charge in [0.05, 0.1) is 5.69 Å². The number of aromatic nitrogens is 3. The summed E-state index contributed by atoms with van der Waals surface area (Å²) in [5, 5.41) is 18.6. The molecule has 0 saturated heterocycles. The predicted octanol–water partition coefficient (Wildman–Crippen LogP) is 0.921. The maximum atomic E-state index is 12.1. The average molecular weight is 276 g/mol. The van der Waals surface area contributed by atoms with Crippen molar-refractivity contribution in [2.24, 2.45) is 7.05 Å². The van der Waals surface area contributed by atoms with Gasteiger partial charge in [0.15, 0.2) is 6.04 Å². The smallest absolute Gasteiger partial charge is 0.331 e. The second kappa shape index (κ2) is 5.20. The molecule has 1 amide bonds. The first-order chi connectivity index (χ1) is 9.41. The van der Waals surface area contributed by atoms with Crippen molar-refractivity contribution >= 4 is 11.9 Å². The number of carboxylic acids is 1. The molecule has 0 aliphatic rings. The van der Waals surface area contributed by atoms with Gasteiger partial charge in [0.1, 0.15) is 5.69 Å². The summed E-state index contributed by atoms with van der Waals surface area (Å²) in [4.78, 5) is 23.6. The van der Waals surface area contributed by atoms with E-state index < -0.39 is 17.9 Å². The van der Waals surface area contributed by atoms with Crippen LogP contribution in [0.4, 0.5) is 0 Å². The number of hydrogen-bond acceptors (Lipinski definition) is 3. The third-order valence-electron chi connectivity index (χ3n) is 3.17. The summed E-state index contributed by atoms with van der Waals surface area (Å²) in [6.07, 6.45) is 1.72. The van der Waals surface area contributed by atoms with E-state index in [2.05, 4.69) is 15.5 Å². The molecule has 0 aliphatic heterocycles. The van der Waals surface area contributed by atoms with Crippen molar-refractivity contribution < 1.29 is 14.7 Å². The maximum Gasteiger partial charge on any atom is 0.331 e. The fourth-order valence-electron chi connectivity index (χ4n) is 2.14. The summed E-state index contributed by atoms with van der Waals surface area (Å²) in [5.74, 6) is -1.56. The number of carbonyl (C=O) groups is 2. The van der Waals surface area contributed by atoms with Gasteiger partial charge < -0.3 is 15.0 Å². The number of carbonyl (C=O) groups excluding carboxylic acids is 1. The largest absolute Gasteiger partial charge is 0.479 e. The molecule has 3 N–H and O–H groups in total. The van der Waals surface area contributed by atoms with Crippen LogP contribution in [0.2, 0.25) is 0 Å². The third kappa shape index (κ3) is 2.42. The van der Waals surface area contributed by atoms with Gasteiger partial charge in [-0.25, -0.2) is 4.79 Å². The van der Waals surface area contributed by atoms with Crippen LogP contribution in [0.1, 0.15) is 33.5 Å². The Hall–Kier alpha value is -2.57. The molecule has 0 spiro atoms. The lowest BCUT2D eigenvalue weighted by Crippen LogP contribution is -2.35. The zero-order chi connectivity index (χ0) is 14.9. The quantitative estimate of drug-likeness (QED) is 0.773. The summed E-state index contributed by atoms with van der Waals surface area (Å²) in [6.45, 7) is 3.42. The normalized spacial score (nSPS) is 12.2. The van der Waals surface area contributed by atoms with E-state index in [0.29, 0.717) is 22.6 Å². The van der Waals surface area contributed by atoms with Gasteiger partial charge in [-0.2, -0.15) is 5.10 Å². The zero-order valence-electron chi connectivity index (χ0n) is 11.5. The van der Waals surface area contributed by atoms with E-state index in [1.54, 1.807) is 43.8 Å². The molecular formula is C13H16N4O3. The Morgan fingerprint density at radius 3 is 2.60 bits per heavy atom. The number of H-pyrrole nitrogens is 1. The second-order valence-corrected chi connectivity index (χ2v) is 4.60. The van der Waals surface area contributed by atoms with E-state index in [1.807, 2.05) is 0 Å². The second-order valence-electron chi connectivity index (χ2n) is 4.60. The molecule has 1 atom stereocenters. The number of rotatable bonds is 4. The lowest BCUT2D eigenvalue weighted by atomic mass is 10.0. The van der Waals surface area contributed by atoms with Crippen molar-refractivity contribution in [3.8, 4) is 0 Å². The number of aryl methyl sites for hydroxylation is 3. The zero-order valence-corrected chi connectivity index (χ0v) is 11.5. The van der Waals surface area contributed by atoms with Crippen LogP contribution in [0.25, 0.3) is 0 Å². The minimum Gasteiger partial charge on any atom is -0.479 e. The molecule has 0 saturated carbocycles. The molecule has 1 unspecified atom stereocenters. The van der Waals surface area contributed by atoms with E-state index in [0.717, 1.165) is 0 Å². The van der Waals surface area contributed by atoms with Crippen molar-refractivity contribution in [2.45, 2.75) is 19.9 Å². The minimum absolute atomic E-state index is 0.398. The number of aromatic amines is 1. The number of aliphatic carboxylic acids is 1. The van der Waals surface area contributed by atoms with Crippen molar-refractivity contribution in [2.75, 3.05) is 0 Å². The summed E-state index contributed by atoms with van der Waals surface area (Å²) in [7, 11) is 1.72. The summed E-state index contributed by atoms with van der Waals surface area (Å²) in [5.41, 5.74) is 2.07. The fourth-order valence-corrected chi connectivity index (χ4v) is 2.14. The summed E-state index contributed by atoms with van der Waals surface area (Å²) < 4.78 is 1.63. The minimum atomic E-state index is -1.13. The van der Waals surface area contributed by atoms with Gasteiger partial charge in [-0.05, 0) is 26.0 Å². The summed E-state index contributed by atoms with van der Waals surface area (Å²) >= 11 is 0. The maximum absolute atomic E-state index is 12.1. The van der Waals surface area contributed by atoms with E-state index in [-0.39, 0.29) is 0 Å². The molecule has 7 nitrogen and oxygen atoms in total. The van der Waals surface area contributed by atoms with Gasteiger partial charge in [0.2, 0.25) is 0 Å². The SMILES string of the molecule is Cc1n[nH]c(C)c1C(NC(=O)c1cccn1C)C(=O)O. The molecule has 0 aromatic carbocycles. The highest BCUT2D eigenvalue weighted by molar-refractivity contribution is 5.95. The van der Waals surface area contributed by atoms with Crippen molar-refractivity contribution in [3.63, 3.8) is 0 Å². The Labute approximate surface area is 115 Å². The number of carboxylic acid groups (broad SMARTS) is 1. The highest BCUT2D eigenvalue weighted by Gasteiger charge is 2.28. The van der Waals surface area contributed by atoms with E-state index in [4.69, 9.17) is 0 Å². The number of nitrogens with one attached hydrogen (secondary N) is 2. The first-order valence-electron chi connectivity index (χ1n) is 6.08. The molecule has 0 radical (unpaired) electrons. The topological polar surface area (TPSA) is 100 Å². The Balaban J connectivity index is 2.30. The van der Waals surface area contributed by atoms with Crippen LogP contribution in [0.3, 0.4) is 0 Å². The van der Waals surface area contributed by atoms with Crippen molar-refractivity contribution in [3.05, 3.63) is 41.0 Å². The molecule has 2 aromatic rings. The summed E-state index contributed by atoms with van der Waals surface area (Å²) in [6, 6.07) is 2.22. The van der Waals surface area contributed by atoms with Gasteiger partial charge in [-0.1, -0.05) is 0 Å². The van der Waals surface area contributed by atoms with Gasteiger partial charge in [0, 0.05) is 24.5 Å². The van der Waals surface area contributed by atoms with Gasteiger partial charge >= 0.3 is 5.97 Å². The van der Waals surface area contributed by atoms with Crippen molar-refractivity contribution in [1.82, 2.24) is 20.1 Å². The van der Waals surface area contributed by atoms with Gasteiger partial charge in [-0.3, -0.25) is 9.89 Å². The molecule has 20 heavy (non-hydrogen) atoms. The Morgan fingerprint density at radius 2 is 2.15 bits per heavy atom. The van der Waals surface area contributed by atoms with Crippen LogP contribution in [0.15, 0.2) is 18.3 Å². The highest BCUT2D eigenvalue weighted by atomic mass is 16.4. The van der Waals surface area contributed by atoms with Crippen LogP contribution >= 0.6 is 0 Å². The first kappa shape index (κ1) is 13.9. The van der Waals surface area contributed by atoms with Crippen LogP contribution in [-0.2, 0) is 11.8 Å². The van der Waals surface area contributed by atoms with Gasteiger partial charge in [0.25, 0.3) is 5.91 Å². The molecular weight excluding hydrogens is 260 g/mol. The molecule has 2 aromatic heterocycles. The molecule has 0 fully saturated rings. The Morgan fingerprint density at radius 1 is 1.45 bits per heavy atom. The lowest BCUT2D eigenvalue weighted by Gasteiger charge is -2.15. The molecule has 106 valence electrons. The van der Waals surface area contributed by atoms with Crippen LogP contribution in [0.5, 0.6) is 0 Å². The lowest BCUT2D eigenvalue weighted by molar-refractivity contribution is -0.139. The number of hydrogen-bond donors (Lipinski definition) is 3. The highest BCUT2D eigenvalue weighted by Crippen LogP contribution is 2.20. The van der Waals surface area contributed by atoms with Crippen molar-refractivity contribution in [1.29, 1.82) is 0 Å². The van der Waals surface area contributed by atoms with E-state index in [1.165, 1.54) is 0 Å². The van der Waals surface area contributed by atoms with Crippen LogP contribution in [-0.4, -0.2) is 31.7 Å². The predicted molar refractivity (Wildman–Crippen MR) is 71.3 cm³/mol. The number of amides is 1. The van der Waals surface area contributed by atoms with Crippen LogP contribution in [0, 0.1) is 13.8 Å². The molecule has 2 heterocycles. The molecule has 0 bridgehead atoms. The fraction of sp³-hybridized carbons (Fsp3) is 0.308. The van der Waals surface area contributed by atoms with Crippen LogP contribution < -0.4 is 5.32 Å².